The van der Waals surface area contributed by atoms with Crippen molar-refractivity contribution < 1.29 is 9.53 Å². The molecule has 0 aliphatic heterocycles. The average molecular weight is 336 g/mol. The molecule has 0 saturated carbocycles. The van der Waals surface area contributed by atoms with Crippen LogP contribution in [0.25, 0.3) is 0 Å². The quantitative estimate of drug-likeness (QED) is 0.877. The van der Waals surface area contributed by atoms with Gasteiger partial charge in [-0.25, -0.2) is 4.98 Å². The standard InChI is InChI=1S/C16H24N4O2S/c1-6-22-11(2)14-18-13(10-23-14)9-20-8-12(7-17-20)19-15(21)16(3,4)5/h7-8,10-11H,6,9H2,1-5H3,(H,19,21)/t11-/m1/s1. The summed E-state index contributed by atoms with van der Waals surface area (Å²) in [6.07, 6.45) is 3.48. The van der Waals surface area contributed by atoms with Gasteiger partial charge in [0, 0.05) is 23.6 Å². The van der Waals surface area contributed by atoms with Crippen molar-refractivity contribution in [2.24, 2.45) is 5.41 Å². The van der Waals surface area contributed by atoms with Crippen LogP contribution in [-0.4, -0.2) is 27.3 Å². The first-order valence-electron chi connectivity index (χ1n) is 7.69. The molecule has 2 aromatic heterocycles. The molecule has 0 aliphatic rings. The van der Waals surface area contributed by atoms with Crippen LogP contribution in [0.15, 0.2) is 17.8 Å². The van der Waals surface area contributed by atoms with Gasteiger partial charge < -0.3 is 10.1 Å². The summed E-state index contributed by atoms with van der Waals surface area (Å²) in [5.74, 6) is -0.0291. The molecule has 0 radical (unpaired) electrons. The molecule has 6 nitrogen and oxygen atoms in total. The fourth-order valence-corrected chi connectivity index (χ4v) is 2.72. The molecule has 0 spiro atoms. The highest BCUT2D eigenvalue weighted by molar-refractivity contribution is 7.09. The zero-order chi connectivity index (χ0) is 17.0. The molecule has 0 aromatic carbocycles. The Kier molecular flexibility index (Phi) is 5.54. The maximum absolute atomic E-state index is 12.0. The van der Waals surface area contributed by atoms with E-state index in [0.717, 1.165) is 10.7 Å². The van der Waals surface area contributed by atoms with Gasteiger partial charge in [-0.2, -0.15) is 5.10 Å². The highest BCUT2D eigenvalue weighted by Crippen LogP contribution is 2.22. The largest absolute Gasteiger partial charge is 0.372 e. The highest BCUT2D eigenvalue weighted by Gasteiger charge is 2.21. The lowest BCUT2D eigenvalue weighted by molar-refractivity contribution is -0.123. The summed E-state index contributed by atoms with van der Waals surface area (Å²) in [5.41, 5.74) is 1.21. The van der Waals surface area contributed by atoms with Gasteiger partial charge in [-0.05, 0) is 13.8 Å². The summed E-state index contributed by atoms with van der Waals surface area (Å²) in [5, 5.41) is 10.1. The van der Waals surface area contributed by atoms with Gasteiger partial charge in [0.15, 0.2) is 0 Å². The Morgan fingerprint density at radius 2 is 2.22 bits per heavy atom. The number of ether oxygens (including phenoxy) is 1. The van der Waals surface area contributed by atoms with Crippen LogP contribution in [0.5, 0.6) is 0 Å². The predicted molar refractivity (Wildman–Crippen MR) is 91.6 cm³/mol. The lowest BCUT2D eigenvalue weighted by Gasteiger charge is -2.16. The minimum Gasteiger partial charge on any atom is -0.372 e. The SMILES string of the molecule is CCO[C@H](C)c1nc(Cn2cc(NC(=O)C(C)(C)C)cn2)cs1. The number of hydrogen-bond acceptors (Lipinski definition) is 5. The highest BCUT2D eigenvalue weighted by atomic mass is 32.1. The maximum atomic E-state index is 12.0. The summed E-state index contributed by atoms with van der Waals surface area (Å²) in [4.78, 5) is 16.5. The van der Waals surface area contributed by atoms with Gasteiger partial charge in [0.1, 0.15) is 11.1 Å². The zero-order valence-electron chi connectivity index (χ0n) is 14.3. The number of carbonyl (C=O) groups excluding carboxylic acids is 1. The lowest BCUT2D eigenvalue weighted by atomic mass is 9.96. The molecule has 0 bridgehead atoms. The lowest BCUT2D eigenvalue weighted by Crippen LogP contribution is -2.27. The molecule has 0 unspecified atom stereocenters. The fourth-order valence-electron chi connectivity index (χ4n) is 1.90. The van der Waals surface area contributed by atoms with E-state index in [1.807, 2.05) is 46.2 Å². The number of amides is 1. The van der Waals surface area contributed by atoms with Gasteiger partial charge in [0.2, 0.25) is 5.91 Å². The van der Waals surface area contributed by atoms with E-state index in [-0.39, 0.29) is 12.0 Å². The minimum absolute atomic E-state index is 0.0120. The van der Waals surface area contributed by atoms with E-state index in [0.29, 0.717) is 18.8 Å². The molecule has 7 heteroatoms. The molecule has 23 heavy (non-hydrogen) atoms. The van der Waals surface area contributed by atoms with E-state index in [1.165, 1.54) is 0 Å². The minimum atomic E-state index is -0.429. The maximum Gasteiger partial charge on any atom is 0.229 e. The molecular formula is C16H24N4O2S. The van der Waals surface area contributed by atoms with Gasteiger partial charge in [-0.3, -0.25) is 9.48 Å². The molecule has 2 rings (SSSR count). The first-order valence-corrected chi connectivity index (χ1v) is 8.57. The van der Waals surface area contributed by atoms with Gasteiger partial charge in [-0.1, -0.05) is 20.8 Å². The van der Waals surface area contributed by atoms with Crippen LogP contribution in [0.3, 0.4) is 0 Å². The Hall–Kier alpha value is -1.73. The van der Waals surface area contributed by atoms with Crippen LogP contribution in [-0.2, 0) is 16.1 Å². The second-order valence-corrected chi connectivity index (χ2v) is 7.30. The number of carbonyl (C=O) groups is 1. The number of thiazole rings is 1. The molecule has 1 N–H and O–H groups in total. The van der Waals surface area contributed by atoms with E-state index in [1.54, 1.807) is 22.2 Å². The van der Waals surface area contributed by atoms with E-state index < -0.39 is 5.41 Å². The third-order valence-corrected chi connectivity index (χ3v) is 4.28. The number of rotatable bonds is 6. The molecule has 1 amide bonds. The van der Waals surface area contributed by atoms with Crippen molar-refractivity contribution in [3.63, 3.8) is 0 Å². The zero-order valence-corrected chi connectivity index (χ0v) is 15.1. The molecule has 2 heterocycles. The smallest absolute Gasteiger partial charge is 0.229 e. The van der Waals surface area contributed by atoms with Crippen molar-refractivity contribution in [3.05, 3.63) is 28.5 Å². The fraction of sp³-hybridized carbons (Fsp3) is 0.562. The summed E-state index contributed by atoms with van der Waals surface area (Å²) >= 11 is 1.59. The molecule has 126 valence electrons. The summed E-state index contributed by atoms with van der Waals surface area (Å²) in [6.45, 7) is 10.9. The number of nitrogens with one attached hydrogen (secondary N) is 1. The summed E-state index contributed by atoms with van der Waals surface area (Å²) < 4.78 is 7.32. The number of anilines is 1. The molecule has 0 aliphatic carbocycles. The van der Waals surface area contributed by atoms with Crippen molar-refractivity contribution in [2.45, 2.75) is 47.3 Å². The number of nitrogens with zero attached hydrogens (tertiary/aromatic N) is 3. The average Bonchev–Trinajstić information content (AvgIpc) is 3.08. The summed E-state index contributed by atoms with van der Waals surface area (Å²) in [6, 6.07) is 0. The van der Waals surface area contributed by atoms with Gasteiger partial charge in [0.05, 0.1) is 24.1 Å². The number of hydrogen-bond donors (Lipinski definition) is 1. The van der Waals surface area contributed by atoms with E-state index >= 15 is 0 Å². The normalized spacial score (nSPS) is 13.1. The first-order chi connectivity index (χ1) is 10.8. The Labute approximate surface area is 140 Å². The third-order valence-electron chi connectivity index (χ3n) is 3.23. The Balaban J connectivity index is 1.98. The van der Waals surface area contributed by atoms with Crippen molar-refractivity contribution in [3.8, 4) is 0 Å². The van der Waals surface area contributed by atoms with Crippen LogP contribution in [0, 0.1) is 5.41 Å². The van der Waals surface area contributed by atoms with Crippen molar-refractivity contribution in [1.82, 2.24) is 14.8 Å². The molecule has 1 atom stereocenters. The Morgan fingerprint density at radius 1 is 1.48 bits per heavy atom. The van der Waals surface area contributed by atoms with Crippen molar-refractivity contribution >= 4 is 22.9 Å². The predicted octanol–water partition coefficient (Wildman–Crippen LogP) is 3.47. The van der Waals surface area contributed by atoms with E-state index in [9.17, 15) is 4.79 Å². The van der Waals surface area contributed by atoms with Crippen molar-refractivity contribution in [1.29, 1.82) is 0 Å². The Morgan fingerprint density at radius 3 is 2.87 bits per heavy atom. The third kappa shape index (κ3) is 4.87. The molecule has 0 saturated heterocycles. The second kappa shape index (κ2) is 7.23. The van der Waals surface area contributed by atoms with Gasteiger partial charge >= 0.3 is 0 Å². The monoisotopic (exact) mass is 336 g/mol. The first kappa shape index (κ1) is 17.6. The van der Waals surface area contributed by atoms with Gasteiger partial charge in [0.25, 0.3) is 0 Å². The van der Waals surface area contributed by atoms with E-state index in [4.69, 9.17) is 4.74 Å². The molecule has 2 aromatic rings. The van der Waals surface area contributed by atoms with Crippen LogP contribution < -0.4 is 5.32 Å². The van der Waals surface area contributed by atoms with E-state index in [2.05, 4.69) is 15.4 Å². The van der Waals surface area contributed by atoms with Crippen LogP contribution in [0.1, 0.15) is 51.4 Å². The van der Waals surface area contributed by atoms with Crippen LogP contribution >= 0.6 is 11.3 Å². The molecular weight excluding hydrogens is 312 g/mol. The topological polar surface area (TPSA) is 69.0 Å². The summed E-state index contributed by atoms with van der Waals surface area (Å²) in [7, 11) is 0. The second-order valence-electron chi connectivity index (χ2n) is 6.41. The van der Waals surface area contributed by atoms with Crippen molar-refractivity contribution in [2.75, 3.05) is 11.9 Å². The number of aromatic nitrogens is 3. The van der Waals surface area contributed by atoms with Gasteiger partial charge in [-0.15, -0.1) is 11.3 Å². The Bertz CT molecular complexity index is 657. The van der Waals surface area contributed by atoms with Crippen LogP contribution in [0.2, 0.25) is 0 Å². The van der Waals surface area contributed by atoms with Crippen LogP contribution in [0.4, 0.5) is 5.69 Å². The molecule has 0 fully saturated rings.